The van der Waals surface area contributed by atoms with Gasteiger partial charge in [-0.05, 0) is 18.1 Å². The second-order valence-electron chi connectivity index (χ2n) is 5.39. The molecular formula is C14H21N3O2. The molecule has 2 rings (SSSR count). The van der Waals surface area contributed by atoms with E-state index in [2.05, 4.69) is 28.6 Å². The molecule has 1 saturated heterocycles. The minimum absolute atomic E-state index is 0.113. The molecule has 104 valence electrons. The van der Waals surface area contributed by atoms with Crippen LogP contribution in [0.3, 0.4) is 0 Å². The van der Waals surface area contributed by atoms with Gasteiger partial charge in [-0.1, -0.05) is 13.8 Å². The number of aromatic carboxylic acids is 1. The number of piperazine rings is 1. The van der Waals surface area contributed by atoms with Gasteiger partial charge in [0.25, 0.3) is 0 Å². The molecular weight excluding hydrogens is 242 g/mol. The van der Waals surface area contributed by atoms with Crippen molar-refractivity contribution >= 4 is 11.7 Å². The molecule has 1 aliphatic heterocycles. The second-order valence-corrected chi connectivity index (χ2v) is 5.39. The highest BCUT2D eigenvalue weighted by Crippen LogP contribution is 2.17. The van der Waals surface area contributed by atoms with E-state index < -0.39 is 5.97 Å². The van der Waals surface area contributed by atoms with Crippen molar-refractivity contribution in [2.45, 2.75) is 13.8 Å². The predicted octanol–water partition coefficient (Wildman–Crippen LogP) is 1.56. The van der Waals surface area contributed by atoms with Crippen LogP contribution >= 0.6 is 0 Å². The fraction of sp³-hybridized carbons (Fsp3) is 0.571. The molecule has 0 spiro atoms. The van der Waals surface area contributed by atoms with Gasteiger partial charge in [0.15, 0.2) is 0 Å². The lowest BCUT2D eigenvalue weighted by atomic mass is 10.2. The Kier molecular flexibility index (Phi) is 4.37. The summed E-state index contributed by atoms with van der Waals surface area (Å²) in [6.07, 6.45) is 1.57. The molecule has 0 unspecified atom stereocenters. The zero-order valence-electron chi connectivity index (χ0n) is 11.5. The molecule has 0 aliphatic carbocycles. The van der Waals surface area contributed by atoms with Crippen LogP contribution < -0.4 is 4.90 Å². The van der Waals surface area contributed by atoms with E-state index in [-0.39, 0.29) is 5.69 Å². The largest absolute Gasteiger partial charge is 0.477 e. The first-order valence-electron chi connectivity index (χ1n) is 6.73. The van der Waals surface area contributed by atoms with Crippen LogP contribution in [0.4, 0.5) is 5.69 Å². The topological polar surface area (TPSA) is 56.7 Å². The van der Waals surface area contributed by atoms with Crippen LogP contribution in [-0.4, -0.2) is 53.7 Å². The number of carboxylic acids is 1. The van der Waals surface area contributed by atoms with E-state index in [0.29, 0.717) is 5.92 Å². The van der Waals surface area contributed by atoms with Gasteiger partial charge in [0.1, 0.15) is 5.69 Å². The monoisotopic (exact) mass is 263 g/mol. The number of hydrogen-bond donors (Lipinski definition) is 1. The maximum atomic E-state index is 10.9. The fourth-order valence-corrected chi connectivity index (χ4v) is 2.44. The molecule has 5 nitrogen and oxygen atoms in total. The van der Waals surface area contributed by atoms with Gasteiger partial charge in [-0.15, -0.1) is 0 Å². The maximum absolute atomic E-state index is 10.9. The third-order valence-electron chi connectivity index (χ3n) is 3.32. The van der Waals surface area contributed by atoms with Gasteiger partial charge in [0, 0.05) is 44.6 Å². The Bertz CT molecular complexity index is 440. The molecule has 0 saturated carbocycles. The Labute approximate surface area is 113 Å². The van der Waals surface area contributed by atoms with Crippen molar-refractivity contribution in [1.29, 1.82) is 0 Å². The summed E-state index contributed by atoms with van der Waals surface area (Å²) < 4.78 is 0. The summed E-state index contributed by atoms with van der Waals surface area (Å²) in [7, 11) is 0. The van der Waals surface area contributed by atoms with Crippen LogP contribution in [0.15, 0.2) is 18.3 Å². The molecule has 0 radical (unpaired) electrons. The number of carbonyl (C=O) groups is 1. The summed E-state index contributed by atoms with van der Waals surface area (Å²) >= 11 is 0. The molecule has 0 aromatic carbocycles. The van der Waals surface area contributed by atoms with Crippen molar-refractivity contribution in [3.8, 4) is 0 Å². The lowest BCUT2D eigenvalue weighted by Gasteiger charge is -2.36. The van der Waals surface area contributed by atoms with Crippen LogP contribution in [0.1, 0.15) is 24.3 Å². The molecule has 1 aromatic rings. The van der Waals surface area contributed by atoms with Gasteiger partial charge in [0.05, 0.1) is 0 Å². The minimum atomic E-state index is -0.972. The SMILES string of the molecule is CC(C)CN1CCN(c2ccnc(C(=O)O)c2)CC1. The van der Waals surface area contributed by atoms with Crippen LogP contribution in [0.2, 0.25) is 0 Å². The summed E-state index contributed by atoms with van der Waals surface area (Å²) in [6.45, 7) is 9.53. The zero-order chi connectivity index (χ0) is 13.8. The Morgan fingerprint density at radius 3 is 2.63 bits per heavy atom. The molecule has 1 aromatic heterocycles. The van der Waals surface area contributed by atoms with Gasteiger partial charge >= 0.3 is 5.97 Å². The first-order chi connectivity index (χ1) is 9.06. The van der Waals surface area contributed by atoms with Gasteiger partial charge in [-0.3, -0.25) is 4.90 Å². The number of carboxylic acid groups (broad SMARTS) is 1. The highest BCUT2D eigenvalue weighted by molar-refractivity contribution is 5.86. The average molecular weight is 263 g/mol. The van der Waals surface area contributed by atoms with Crippen LogP contribution in [0.5, 0.6) is 0 Å². The summed E-state index contributed by atoms with van der Waals surface area (Å²) in [5.41, 5.74) is 1.07. The summed E-state index contributed by atoms with van der Waals surface area (Å²) in [5, 5.41) is 8.96. The predicted molar refractivity (Wildman–Crippen MR) is 74.7 cm³/mol. The zero-order valence-corrected chi connectivity index (χ0v) is 11.5. The van der Waals surface area contributed by atoms with Gasteiger partial charge in [-0.2, -0.15) is 0 Å². The second kappa shape index (κ2) is 6.02. The van der Waals surface area contributed by atoms with Crippen molar-refractivity contribution in [3.05, 3.63) is 24.0 Å². The lowest BCUT2D eigenvalue weighted by Crippen LogP contribution is -2.47. The molecule has 1 aliphatic rings. The smallest absolute Gasteiger partial charge is 0.354 e. The van der Waals surface area contributed by atoms with Crippen molar-refractivity contribution in [2.24, 2.45) is 5.92 Å². The molecule has 2 heterocycles. The lowest BCUT2D eigenvalue weighted by molar-refractivity contribution is 0.0690. The number of anilines is 1. The van der Waals surface area contributed by atoms with E-state index in [1.807, 2.05) is 6.07 Å². The standard InChI is InChI=1S/C14H21N3O2/c1-11(2)10-16-5-7-17(8-6-16)12-3-4-15-13(9-12)14(18)19/h3-4,9,11H,5-8,10H2,1-2H3,(H,18,19). The number of rotatable bonds is 4. The quantitative estimate of drug-likeness (QED) is 0.893. The average Bonchev–Trinajstić information content (AvgIpc) is 2.39. The Balaban J connectivity index is 1.97. The summed E-state index contributed by atoms with van der Waals surface area (Å²) in [5.74, 6) is -0.286. The fourth-order valence-electron chi connectivity index (χ4n) is 2.44. The van der Waals surface area contributed by atoms with E-state index in [1.165, 1.54) is 0 Å². The molecule has 5 heteroatoms. The van der Waals surface area contributed by atoms with Crippen molar-refractivity contribution in [2.75, 3.05) is 37.6 Å². The third kappa shape index (κ3) is 3.67. The van der Waals surface area contributed by atoms with Crippen LogP contribution in [-0.2, 0) is 0 Å². The first-order valence-corrected chi connectivity index (χ1v) is 6.73. The van der Waals surface area contributed by atoms with E-state index in [9.17, 15) is 4.79 Å². The van der Waals surface area contributed by atoms with Crippen molar-refractivity contribution in [1.82, 2.24) is 9.88 Å². The van der Waals surface area contributed by atoms with Gasteiger partial charge in [-0.25, -0.2) is 9.78 Å². The molecule has 0 bridgehead atoms. The van der Waals surface area contributed by atoms with E-state index in [4.69, 9.17) is 5.11 Å². The highest BCUT2D eigenvalue weighted by Gasteiger charge is 2.18. The maximum Gasteiger partial charge on any atom is 0.354 e. The summed E-state index contributed by atoms with van der Waals surface area (Å²) in [4.78, 5) is 19.5. The molecule has 1 fully saturated rings. The number of hydrogen-bond acceptors (Lipinski definition) is 4. The van der Waals surface area contributed by atoms with E-state index >= 15 is 0 Å². The van der Waals surface area contributed by atoms with E-state index in [0.717, 1.165) is 38.4 Å². The third-order valence-corrected chi connectivity index (χ3v) is 3.32. The molecule has 19 heavy (non-hydrogen) atoms. The summed E-state index contributed by atoms with van der Waals surface area (Å²) in [6, 6.07) is 3.53. The molecule has 1 N–H and O–H groups in total. The highest BCUT2D eigenvalue weighted by atomic mass is 16.4. The first kappa shape index (κ1) is 13.8. The van der Waals surface area contributed by atoms with E-state index in [1.54, 1.807) is 12.3 Å². The number of nitrogens with zero attached hydrogens (tertiary/aromatic N) is 3. The normalized spacial score (nSPS) is 16.9. The van der Waals surface area contributed by atoms with Crippen molar-refractivity contribution in [3.63, 3.8) is 0 Å². The van der Waals surface area contributed by atoms with Crippen LogP contribution in [0, 0.1) is 5.92 Å². The van der Waals surface area contributed by atoms with Crippen molar-refractivity contribution < 1.29 is 9.90 Å². The minimum Gasteiger partial charge on any atom is -0.477 e. The number of aromatic nitrogens is 1. The number of pyridine rings is 1. The van der Waals surface area contributed by atoms with Gasteiger partial charge < -0.3 is 10.0 Å². The molecule has 0 atom stereocenters. The van der Waals surface area contributed by atoms with Crippen LogP contribution in [0.25, 0.3) is 0 Å². The van der Waals surface area contributed by atoms with Gasteiger partial charge in [0.2, 0.25) is 0 Å². The Morgan fingerprint density at radius 1 is 1.37 bits per heavy atom. The Morgan fingerprint density at radius 2 is 2.05 bits per heavy atom. The molecule has 0 amide bonds. The Hall–Kier alpha value is -1.62.